The predicted octanol–water partition coefficient (Wildman–Crippen LogP) is 1.90. The van der Waals surface area contributed by atoms with Crippen molar-refractivity contribution in [2.75, 3.05) is 0 Å². The van der Waals surface area contributed by atoms with Gasteiger partial charge in [0, 0.05) is 12.5 Å². The molecule has 0 saturated carbocycles. The number of hydrogen-bond acceptors (Lipinski definition) is 4. The highest BCUT2D eigenvalue weighted by Gasteiger charge is 2.43. The maximum absolute atomic E-state index is 12.2. The molecule has 1 heterocycles. The molecule has 2 atom stereocenters. The van der Waals surface area contributed by atoms with E-state index in [1.165, 1.54) is 4.90 Å². The quantitative estimate of drug-likeness (QED) is 0.724. The summed E-state index contributed by atoms with van der Waals surface area (Å²) >= 11 is 1.10. The number of carboxylic acid groups (broad SMARTS) is 1. The Bertz CT molecular complexity index is 368. The summed E-state index contributed by atoms with van der Waals surface area (Å²) in [5, 5.41) is 7.87. The third-order valence-electron chi connectivity index (χ3n) is 3.42. The Labute approximate surface area is 117 Å². The van der Waals surface area contributed by atoms with Crippen molar-refractivity contribution in [3.8, 4) is 0 Å². The number of carbonyl (C=O) groups excluding carboxylic acids is 2. The molecule has 1 rings (SSSR count). The molecule has 2 amide bonds. The number of carboxylic acids is 1. The van der Waals surface area contributed by atoms with Crippen molar-refractivity contribution in [2.45, 2.75) is 63.0 Å². The molecule has 0 radical (unpaired) electrons. The number of hydrogen-bond donors (Lipinski definition) is 1. The zero-order valence-electron chi connectivity index (χ0n) is 11.6. The van der Waals surface area contributed by atoms with Crippen LogP contribution in [0.5, 0.6) is 0 Å². The van der Waals surface area contributed by atoms with Crippen LogP contribution in [-0.2, 0) is 14.4 Å². The van der Waals surface area contributed by atoms with E-state index in [0.29, 0.717) is 6.42 Å². The molecule has 2 unspecified atom stereocenters. The first-order chi connectivity index (χ1) is 8.96. The topological polar surface area (TPSA) is 74.7 Å². The van der Waals surface area contributed by atoms with Gasteiger partial charge in [-0.3, -0.25) is 19.3 Å². The van der Waals surface area contributed by atoms with Crippen LogP contribution in [0.1, 0.15) is 46.5 Å². The molecular formula is C13H21NO4S. The lowest BCUT2D eigenvalue weighted by molar-refractivity contribution is -0.141. The molecule has 1 saturated heterocycles. The lowest BCUT2D eigenvalue weighted by Gasteiger charge is -2.24. The molecule has 19 heavy (non-hydrogen) atoms. The second-order valence-corrected chi connectivity index (χ2v) is 6.05. The van der Waals surface area contributed by atoms with Gasteiger partial charge in [0.1, 0.15) is 5.25 Å². The van der Waals surface area contributed by atoms with Crippen LogP contribution < -0.4 is 0 Å². The van der Waals surface area contributed by atoms with E-state index >= 15 is 0 Å². The van der Waals surface area contributed by atoms with Crippen LogP contribution >= 0.6 is 11.8 Å². The summed E-state index contributed by atoms with van der Waals surface area (Å²) in [6.07, 6.45) is 2.05. The van der Waals surface area contributed by atoms with E-state index < -0.39 is 16.5 Å². The molecule has 6 heteroatoms. The number of nitrogens with zero attached hydrogens (tertiary/aromatic N) is 1. The molecule has 0 spiro atoms. The van der Waals surface area contributed by atoms with Crippen molar-refractivity contribution < 1.29 is 19.5 Å². The lowest BCUT2D eigenvalue weighted by Crippen LogP contribution is -2.40. The van der Waals surface area contributed by atoms with E-state index in [4.69, 9.17) is 5.11 Å². The van der Waals surface area contributed by atoms with Crippen LogP contribution in [0.25, 0.3) is 0 Å². The summed E-state index contributed by atoms with van der Waals surface area (Å²) in [6, 6.07) is -0.0597. The largest absolute Gasteiger partial charge is 0.480 e. The number of likely N-dealkylation sites (tertiary alicyclic amines) is 1. The first kappa shape index (κ1) is 16.0. The summed E-state index contributed by atoms with van der Waals surface area (Å²) < 4.78 is 0. The lowest BCUT2D eigenvalue weighted by atomic mass is 10.1. The Hall–Kier alpha value is -1.04. The van der Waals surface area contributed by atoms with Gasteiger partial charge in [-0.1, -0.05) is 20.8 Å². The number of carbonyl (C=O) groups is 3. The van der Waals surface area contributed by atoms with Crippen LogP contribution in [0.15, 0.2) is 0 Å². The van der Waals surface area contributed by atoms with Crippen molar-refractivity contribution in [2.24, 2.45) is 0 Å². The van der Waals surface area contributed by atoms with Crippen molar-refractivity contribution in [3.63, 3.8) is 0 Å². The van der Waals surface area contributed by atoms with Gasteiger partial charge in [0.15, 0.2) is 0 Å². The molecule has 5 nitrogen and oxygen atoms in total. The normalized spacial score (nSPS) is 21.3. The minimum Gasteiger partial charge on any atom is -0.480 e. The SMILES string of the molecule is CCC(SC1CC(=O)N(C(CC)CC)C1=O)C(=O)O. The van der Waals surface area contributed by atoms with E-state index in [-0.39, 0.29) is 24.3 Å². The van der Waals surface area contributed by atoms with Crippen molar-refractivity contribution in [1.82, 2.24) is 4.90 Å². The van der Waals surface area contributed by atoms with E-state index in [1.807, 2.05) is 13.8 Å². The Balaban J connectivity index is 2.77. The van der Waals surface area contributed by atoms with Gasteiger partial charge in [-0.25, -0.2) is 0 Å². The van der Waals surface area contributed by atoms with Crippen LogP contribution in [0.4, 0.5) is 0 Å². The zero-order chi connectivity index (χ0) is 14.6. The van der Waals surface area contributed by atoms with Crippen LogP contribution in [0.2, 0.25) is 0 Å². The Morgan fingerprint density at radius 2 is 1.89 bits per heavy atom. The van der Waals surface area contributed by atoms with E-state index in [2.05, 4.69) is 0 Å². The van der Waals surface area contributed by atoms with Gasteiger partial charge in [0.2, 0.25) is 11.8 Å². The molecular weight excluding hydrogens is 266 g/mol. The fraction of sp³-hybridized carbons (Fsp3) is 0.769. The molecule has 0 aromatic carbocycles. The number of amides is 2. The van der Waals surface area contributed by atoms with Crippen LogP contribution in [0, 0.1) is 0 Å². The maximum Gasteiger partial charge on any atom is 0.316 e. The molecule has 1 fully saturated rings. The minimum absolute atomic E-state index is 0.0597. The molecule has 1 N–H and O–H groups in total. The van der Waals surface area contributed by atoms with E-state index in [0.717, 1.165) is 24.6 Å². The first-order valence-electron chi connectivity index (χ1n) is 6.70. The van der Waals surface area contributed by atoms with Crippen molar-refractivity contribution in [3.05, 3.63) is 0 Å². The summed E-state index contributed by atoms with van der Waals surface area (Å²) in [6.45, 7) is 5.66. The fourth-order valence-electron chi connectivity index (χ4n) is 2.29. The monoisotopic (exact) mass is 287 g/mol. The minimum atomic E-state index is -0.922. The highest BCUT2D eigenvalue weighted by molar-refractivity contribution is 8.01. The molecule has 108 valence electrons. The van der Waals surface area contributed by atoms with E-state index in [1.54, 1.807) is 6.92 Å². The highest BCUT2D eigenvalue weighted by Crippen LogP contribution is 2.32. The summed E-state index contributed by atoms with van der Waals surface area (Å²) in [5.74, 6) is -1.31. The molecule has 1 aliphatic rings. The summed E-state index contributed by atoms with van der Waals surface area (Å²) in [7, 11) is 0. The van der Waals surface area contributed by atoms with Gasteiger partial charge in [-0.15, -0.1) is 11.8 Å². The number of aliphatic carboxylic acids is 1. The standard InChI is InChI=1S/C13H21NO4S/c1-4-8(5-2)14-11(15)7-10(12(14)16)19-9(6-3)13(17)18/h8-10H,4-7H2,1-3H3,(H,17,18). The van der Waals surface area contributed by atoms with Crippen molar-refractivity contribution in [1.29, 1.82) is 0 Å². The van der Waals surface area contributed by atoms with Gasteiger partial charge in [-0.05, 0) is 19.3 Å². The second kappa shape index (κ2) is 6.93. The number of imide groups is 1. The predicted molar refractivity (Wildman–Crippen MR) is 73.9 cm³/mol. The smallest absolute Gasteiger partial charge is 0.316 e. The Morgan fingerprint density at radius 1 is 1.32 bits per heavy atom. The Morgan fingerprint density at radius 3 is 2.32 bits per heavy atom. The fourth-order valence-corrected chi connectivity index (χ4v) is 3.47. The molecule has 0 bridgehead atoms. The highest BCUT2D eigenvalue weighted by atomic mass is 32.2. The molecule has 0 aliphatic carbocycles. The third kappa shape index (κ3) is 3.49. The van der Waals surface area contributed by atoms with Crippen LogP contribution in [-0.4, -0.2) is 44.3 Å². The van der Waals surface area contributed by atoms with Gasteiger partial charge < -0.3 is 5.11 Å². The average molecular weight is 287 g/mol. The zero-order valence-corrected chi connectivity index (χ0v) is 12.4. The molecule has 1 aliphatic heterocycles. The first-order valence-corrected chi connectivity index (χ1v) is 7.64. The maximum atomic E-state index is 12.2. The van der Waals surface area contributed by atoms with Crippen molar-refractivity contribution >= 4 is 29.5 Å². The van der Waals surface area contributed by atoms with E-state index in [9.17, 15) is 14.4 Å². The molecule has 0 aromatic heterocycles. The average Bonchev–Trinajstić information content (AvgIpc) is 2.64. The van der Waals surface area contributed by atoms with Crippen LogP contribution in [0.3, 0.4) is 0 Å². The van der Waals surface area contributed by atoms with Gasteiger partial charge in [0.05, 0.1) is 5.25 Å². The third-order valence-corrected chi connectivity index (χ3v) is 4.98. The summed E-state index contributed by atoms with van der Waals surface area (Å²) in [4.78, 5) is 36.5. The Kier molecular flexibility index (Phi) is 5.85. The second-order valence-electron chi connectivity index (χ2n) is 4.64. The van der Waals surface area contributed by atoms with Gasteiger partial charge in [-0.2, -0.15) is 0 Å². The molecule has 0 aromatic rings. The van der Waals surface area contributed by atoms with Gasteiger partial charge >= 0.3 is 5.97 Å². The van der Waals surface area contributed by atoms with Gasteiger partial charge in [0.25, 0.3) is 0 Å². The number of rotatable bonds is 7. The summed E-state index contributed by atoms with van der Waals surface area (Å²) in [5.41, 5.74) is 0. The number of thioether (sulfide) groups is 1.